The van der Waals surface area contributed by atoms with Crippen LogP contribution in [0.4, 0.5) is 0 Å². The van der Waals surface area contributed by atoms with Gasteiger partial charge in [0.05, 0.1) is 30.7 Å². The molecular formula is C19H22N2O5S. The fraction of sp³-hybridized carbons (Fsp3) is 0.316. The van der Waals surface area contributed by atoms with Crippen LogP contribution in [-0.2, 0) is 14.8 Å². The maximum Gasteiger partial charge on any atom is 0.337 e. The van der Waals surface area contributed by atoms with E-state index in [2.05, 4.69) is 5.32 Å². The van der Waals surface area contributed by atoms with Gasteiger partial charge in [0.15, 0.2) is 0 Å². The number of carbonyl (C=O) groups is 1. The fourth-order valence-corrected chi connectivity index (χ4v) is 4.87. The van der Waals surface area contributed by atoms with Crippen LogP contribution in [0.5, 0.6) is 5.75 Å². The average Bonchev–Trinajstić information content (AvgIpc) is 2.73. The Bertz CT molecular complexity index is 929. The number of sulfonamides is 1. The summed E-state index contributed by atoms with van der Waals surface area (Å²) < 4.78 is 38.3. The summed E-state index contributed by atoms with van der Waals surface area (Å²) in [4.78, 5) is 11.8. The minimum absolute atomic E-state index is 0.0622. The lowest BCUT2D eigenvalue weighted by molar-refractivity contribution is 0.0600. The van der Waals surface area contributed by atoms with E-state index in [0.29, 0.717) is 25.4 Å². The first-order valence-corrected chi connectivity index (χ1v) is 9.97. The number of piperazine rings is 1. The minimum Gasteiger partial charge on any atom is -0.496 e. The Hall–Kier alpha value is -2.42. The highest BCUT2D eigenvalue weighted by Gasteiger charge is 2.36. The van der Waals surface area contributed by atoms with E-state index >= 15 is 0 Å². The van der Waals surface area contributed by atoms with Crippen LogP contribution in [0.3, 0.4) is 0 Å². The zero-order valence-electron chi connectivity index (χ0n) is 15.2. The topological polar surface area (TPSA) is 84.9 Å². The molecule has 144 valence electrons. The van der Waals surface area contributed by atoms with Crippen molar-refractivity contribution in [3.63, 3.8) is 0 Å². The van der Waals surface area contributed by atoms with Crippen LogP contribution in [-0.4, -0.2) is 52.5 Å². The number of rotatable bonds is 5. The van der Waals surface area contributed by atoms with Crippen molar-refractivity contribution in [3.8, 4) is 5.75 Å². The van der Waals surface area contributed by atoms with Crippen molar-refractivity contribution < 1.29 is 22.7 Å². The lowest BCUT2D eigenvalue weighted by Crippen LogP contribution is -2.48. The number of para-hydroxylation sites is 1. The van der Waals surface area contributed by atoms with Crippen molar-refractivity contribution in [2.75, 3.05) is 33.9 Å². The van der Waals surface area contributed by atoms with E-state index in [1.807, 2.05) is 24.3 Å². The van der Waals surface area contributed by atoms with Gasteiger partial charge >= 0.3 is 5.97 Å². The van der Waals surface area contributed by atoms with Crippen LogP contribution in [0, 0.1) is 0 Å². The molecule has 8 heteroatoms. The first kappa shape index (κ1) is 19.3. The van der Waals surface area contributed by atoms with Crippen molar-refractivity contribution in [2.45, 2.75) is 10.9 Å². The molecule has 1 atom stereocenters. The van der Waals surface area contributed by atoms with E-state index in [1.165, 1.54) is 29.6 Å². The van der Waals surface area contributed by atoms with Crippen molar-refractivity contribution >= 4 is 16.0 Å². The molecule has 0 amide bonds. The predicted octanol–water partition coefficient (Wildman–Crippen LogP) is 1.82. The first-order chi connectivity index (χ1) is 13.0. The standard InChI is InChI=1S/C19H22N2O5S/c1-25-18-9-4-3-8-16(18)17-13-20-10-11-21(17)27(23,24)15-7-5-6-14(12-15)19(22)26-2/h3-9,12,17,20H,10-11,13H2,1-2H3. The maximum absolute atomic E-state index is 13.3. The van der Waals surface area contributed by atoms with Gasteiger partial charge < -0.3 is 14.8 Å². The van der Waals surface area contributed by atoms with Crippen LogP contribution in [0.15, 0.2) is 53.4 Å². The molecule has 1 aliphatic heterocycles. The van der Waals surface area contributed by atoms with Gasteiger partial charge in [0, 0.05) is 25.2 Å². The zero-order chi connectivity index (χ0) is 19.4. The molecule has 3 rings (SSSR count). The summed E-state index contributed by atoms with van der Waals surface area (Å²) in [6.45, 7) is 1.32. The molecule has 2 aromatic carbocycles. The molecule has 27 heavy (non-hydrogen) atoms. The third-order valence-corrected chi connectivity index (χ3v) is 6.46. The summed E-state index contributed by atoms with van der Waals surface area (Å²) in [5.41, 5.74) is 0.988. The van der Waals surface area contributed by atoms with Crippen LogP contribution in [0.25, 0.3) is 0 Å². The zero-order valence-corrected chi connectivity index (χ0v) is 16.0. The van der Waals surface area contributed by atoms with Crippen molar-refractivity contribution in [2.24, 2.45) is 0 Å². The second kappa shape index (κ2) is 8.08. The van der Waals surface area contributed by atoms with Crippen molar-refractivity contribution in [3.05, 3.63) is 59.7 Å². The number of hydrogen-bond acceptors (Lipinski definition) is 6. The maximum atomic E-state index is 13.3. The summed E-state index contributed by atoms with van der Waals surface area (Å²) in [5, 5.41) is 3.24. The Labute approximate surface area is 158 Å². The molecule has 0 radical (unpaired) electrons. The summed E-state index contributed by atoms with van der Waals surface area (Å²) in [7, 11) is -0.994. The lowest BCUT2D eigenvalue weighted by atomic mass is 10.0. The molecular weight excluding hydrogens is 368 g/mol. The molecule has 1 heterocycles. The average molecular weight is 390 g/mol. The Morgan fingerprint density at radius 2 is 1.93 bits per heavy atom. The molecule has 0 aliphatic carbocycles. The number of nitrogens with zero attached hydrogens (tertiary/aromatic N) is 1. The van der Waals surface area contributed by atoms with E-state index in [4.69, 9.17) is 9.47 Å². The quantitative estimate of drug-likeness (QED) is 0.784. The monoisotopic (exact) mass is 390 g/mol. The highest BCUT2D eigenvalue weighted by atomic mass is 32.2. The van der Waals surface area contributed by atoms with Gasteiger partial charge in [0.1, 0.15) is 5.75 Å². The summed E-state index contributed by atoms with van der Waals surface area (Å²) in [6.07, 6.45) is 0. The number of carbonyl (C=O) groups excluding carboxylic acids is 1. The van der Waals surface area contributed by atoms with Gasteiger partial charge in [0.2, 0.25) is 10.0 Å². The van der Waals surface area contributed by atoms with Crippen molar-refractivity contribution in [1.29, 1.82) is 0 Å². The second-order valence-corrected chi connectivity index (χ2v) is 7.99. The van der Waals surface area contributed by atoms with Gasteiger partial charge in [-0.05, 0) is 24.3 Å². The number of benzene rings is 2. The van der Waals surface area contributed by atoms with Gasteiger partial charge in [-0.25, -0.2) is 13.2 Å². The van der Waals surface area contributed by atoms with Gasteiger partial charge in [-0.1, -0.05) is 24.3 Å². The van der Waals surface area contributed by atoms with Gasteiger partial charge in [-0.15, -0.1) is 0 Å². The normalized spacial score (nSPS) is 18.1. The Balaban J connectivity index is 2.02. The second-order valence-electron chi connectivity index (χ2n) is 6.10. The van der Waals surface area contributed by atoms with Gasteiger partial charge in [-0.2, -0.15) is 4.31 Å². The van der Waals surface area contributed by atoms with E-state index in [-0.39, 0.29) is 10.5 Å². The molecule has 7 nitrogen and oxygen atoms in total. The predicted molar refractivity (Wildman–Crippen MR) is 100 cm³/mol. The smallest absolute Gasteiger partial charge is 0.337 e. The number of esters is 1. The summed E-state index contributed by atoms with van der Waals surface area (Å²) in [6, 6.07) is 12.9. The van der Waals surface area contributed by atoms with Crippen LogP contribution < -0.4 is 10.1 Å². The Morgan fingerprint density at radius 1 is 1.15 bits per heavy atom. The molecule has 1 saturated heterocycles. The number of methoxy groups -OCH3 is 2. The molecule has 1 unspecified atom stereocenters. The molecule has 1 fully saturated rings. The first-order valence-electron chi connectivity index (χ1n) is 8.53. The highest BCUT2D eigenvalue weighted by Crippen LogP contribution is 2.34. The molecule has 0 spiro atoms. The minimum atomic E-state index is -3.82. The highest BCUT2D eigenvalue weighted by molar-refractivity contribution is 7.89. The number of nitrogens with one attached hydrogen (secondary N) is 1. The van der Waals surface area contributed by atoms with E-state index in [9.17, 15) is 13.2 Å². The van der Waals surface area contributed by atoms with E-state index < -0.39 is 22.0 Å². The Kier molecular flexibility index (Phi) is 5.79. The fourth-order valence-electron chi connectivity index (χ4n) is 3.22. The third kappa shape index (κ3) is 3.83. The van der Waals surface area contributed by atoms with Crippen molar-refractivity contribution in [1.82, 2.24) is 9.62 Å². The molecule has 0 aromatic heterocycles. The van der Waals surface area contributed by atoms with Crippen LogP contribution in [0.2, 0.25) is 0 Å². The number of hydrogen-bond donors (Lipinski definition) is 1. The SMILES string of the molecule is COC(=O)c1cccc(S(=O)(=O)N2CCNCC2c2ccccc2OC)c1. The molecule has 2 aromatic rings. The largest absolute Gasteiger partial charge is 0.496 e. The molecule has 0 bridgehead atoms. The van der Waals surface area contributed by atoms with Crippen LogP contribution in [0.1, 0.15) is 22.0 Å². The molecule has 1 N–H and O–H groups in total. The lowest BCUT2D eigenvalue weighted by Gasteiger charge is -2.36. The van der Waals surface area contributed by atoms with Gasteiger partial charge in [-0.3, -0.25) is 0 Å². The van der Waals surface area contributed by atoms with E-state index in [1.54, 1.807) is 13.2 Å². The number of ether oxygens (including phenoxy) is 2. The molecule has 0 saturated carbocycles. The van der Waals surface area contributed by atoms with Crippen LogP contribution >= 0.6 is 0 Å². The third-order valence-electron chi connectivity index (χ3n) is 4.55. The Morgan fingerprint density at radius 3 is 2.67 bits per heavy atom. The summed E-state index contributed by atoms with van der Waals surface area (Å²) >= 11 is 0. The summed E-state index contributed by atoms with van der Waals surface area (Å²) in [5.74, 6) is 0.0587. The van der Waals surface area contributed by atoms with E-state index in [0.717, 1.165) is 5.56 Å². The van der Waals surface area contributed by atoms with Gasteiger partial charge in [0.25, 0.3) is 0 Å². The molecule has 1 aliphatic rings.